The molecular weight excluding hydrogens is 299 g/mol. The molecule has 0 saturated carbocycles. The number of hydrogen-bond donors (Lipinski definition) is 1. The lowest BCUT2D eigenvalue weighted by Crippen LogP contribution is -2.49. The van der Waals surface area contributed by atoms with Crippen molar-refractivity contribution in [3.63, 3.8) is 0 Å². The average molecular weight is 317 g/mol. The van der Waals surface area contributed by atoms with Crippen molar-refractivity contribution < 1.29 is 31.5 Å². The van der Waals surface area contributed by atoms with Gasteiger partial charge in [-0.1, -0.05) is 0 Å². The second-order valence-electron chi connectivity index (χ2n) is 4.97. The Labute approximate surface area is 115 Å². The lowest BCUT2D eigenvalue weighted by atomic mass is 9.92. The smallest absolute Gasteiger partial charge is 0.389 e. The van der Waals surface area contributed by atoms with Gasteiger partial charge < -0.3 is 5.11 Å². The molecule has 0 aromatic carbocycles. The molecule has 1 fully saturated rings. The fourth-order valence-corrected chi connectivity index (χ4v) is 4.21. The second kappa shape index (κ2) is 6.30. The third-order valence-corrected chi connectivity index (χ3v) is 5.50. The van der Waals surface area contributed by atoms with E-state index < -0.39 is 52.7 Å². The SMILES string of the molecule is C[C@@H]1[C@H](C(=O)O)CCCN1S(=O)(=O)CCCC(F)(F)F. The molecule has 1 N–H and O–H groups in total. The van der Waals surface area contributed by atoms with Gasteiger partial charge in [-0.2, -0.15) is 17.5 Å². The number of aliphatic carboxylic acids is 1. The van der Waals surface area contributed by atoms with Crippen LogP contribution in [0.1, 0.15) is 32.6 Å². The third kappa shape index (κ3) is 4.62. The van der Waals surface area contributed by atoms with Gasteiger partial charge in [0.25, 0.3) is 0 Å². The molecule has 5 nitrogen and oxygen atoms in total. The van der Waals surface area contributed by atoms with Gasteiger partial charge in [0, 0.05) is 19.0 Å². The Morgan fingerprint density at radius 1 is 1.40 bits per heavy atom. The van der Waals surface area contributed by atoms with Crippen LogP contribution in [0.25, 0.3) is 0 Å². The molecule has 118 valence electrons. The van der Waals surface area contributed by atoms with Gasteiger partial charge in [-0.15, -0.1) is 0 Å². The van der Waals surface area contributed by atoms with Crippen LogP contribution in [0, 0.1) is 5.92 Å². The molecule has 0 spiro atoms. The number of nitrogens with zero attached hydrogens (tertiary/aromatic N) is 1. The second-order valence-corrected chi connectivity index (χ2v) is 7.01. The summed E-state index contributed by atoms with van der Waals surface area (Å²) in [4.78, 5) is 11.0. The molecule has 1 rings (SSSR count). The first-order valence-corrected chi connectivity index (χ1v) is 7.94. The molecule has 1 saturated heterocycles. The lowest BCUT2D eigenvalue weighted by Gasteiger charge is -2.36. The molecule has 1 aliphatic rings. The molecule has 0 bridgehead atoms. The van der Waals surface area contributed by atoms with E-state index in [1.165, 1.54) is 6.92 Å². The molecule has 0 radical (unpaired) electrons. The van der Waals surface area contributed by atoms with E-state index in [0.29, 0.717) is 12.8 Å². The summed E-state index contributed by atoms with van der Waals surface area (Å²) < 4.78 is 61.2. The molecule has 9 heteroatoms. The Bertz CT molecular complexity index is 449. The van der Waals surface area contributed by atoms with E-state index in [4.69, 9.17) is 5.11 Å². The molecule has 0 aromatic heterocycles. The highest BCUT2D eigenvalue weighted by Crippen LogP contribution is 2.28. The van der Waals surface area contributed by atoms with Crippen molar-refractivity contribution in [3.05, 3.63) is 0 Å². The minimum absolute atomic E-state index is 0.166. The quantitative estimate of drug-likeness (QED) is 0.839. The topological polar surface area (TPSA) is 74.7 Å². The maximum absolute atomic E-state index is 12.0. The van der Waals surface area contributed by atoms with Crippen LogP contribution in [0.2, 0.25) is 0 Å². The van der Waals surface area contributed by atoms with Gasteiger partial charge >= 0.3 is 12.1 Å². The van der Waals surface area contributed by atoms with Crippen molar-refractivity contribution >= 4 is 16.0 Å². The summed E-state index contributed by atoms with van der Waals surface area (Å²) in [6.45, 7) is 1.65. The molecule has 2 atom stereocenters. The van der Waals surface area contributed by atoms with Crippen molar-refractivity contribution in [1.82, 2.24) is 4.31 Å². The minimum atomic E-state index is -4.38. The fraction of sp³-hybridized carbons (Fsp3) is 0.909. The van der Waals surface area contributed by atoms with E-state index >= 15 is 0 Å². The molecule has 1 heterocycles. The highest BCUT2D eigenvalue weighted by atomic mass is 32.2. The number of sulfonamides is 1. The maximum Gasteiger partial charge on any atom is 0.389 e. The summed E-state index contributed by atoms with van der Waals surface area (Å²) in [7, 11) is -3.85. The van der Waals surface area contributed by atoms with Crippen molar-refractivity contribution in [2.75, 3.05) is 12.3 Å². The Balaban J connectivity index is 2.69. The third-order valence-electron chi connectivity index (χ3n) is 3.47. The number of alkyl halides is 3. The van der Waals surface area contributed by atoms with Crippen LogP contribution in [0.15, 0.2) is 0 Å². The first-order chi connectivity index (χ1) is 9.04. The summed E-state index contributed by atoms with van der Waals surface area (Å²) in [5.41, 5.74) is 0. The van der Waals surface area contributed by atoms with Crippen LogP contribution in [0.5, 0.6) is 0 Å². The predicted molar refractivity (Wildman–Crippen MR) is 65.6 cm³/mol. The number of hydrogen-bond acceptors (Lipinski definition) is 3. The number of carbonyl (C=O) groups is 1. The van der Waals surface area contributed by atoms with E-state index in [2.05, 4.69) is 0 Å². The van der Waals surface area contributed by atoms with Crippen LogP contribution >= 0.6 is 0 Å². The van der Waals surface area contributed by atoms with Crippen molar-refractivity contribution in [1.29, 1.82) is 0 Å². The first-order valence-electron chi connectivity index (χ1n) is 6.33. The Morgan fingerprint density at radius 2 is 2.00 bits per heavy atom. The molecule has 0 aliphatic carbocycles. The minimum Gasteiger partial charge on any atom is -0.481 e. The molecule has 1 aliphatic heterocycles. The van der Waals surface area contributed by atoms with E-state index in [0.717, 1.165) is 4.31 Å². The standard InChI is InChI=1S/C11H18F3NO4S/c1-8-9(10(16)17)4-2-6-15(8)20(18,19)7-3-5-11(12,13)14/h8-9H,2-7H2,1H3,(H,16,17)/t8-,9-/m1/s1. The number of rotatable bonds is 5. The summed E-state index contributed by atoms with van der Waals surface area (Å²) in [6.07, 6.45) is -5.26. The van der Waals surface area contributed by atoms with Crippen molar-refractivity contribution in [2.24, 2.45) is 5.92 Å². The average Bonchev–Trinajstić information content (AvgIpc) is 2.26. The molecule has 0 amide bonds. The normalized spacial score (nSPS) is 25.6. The highest BCUT2D eigenvalue weighted by molar-refractivity contribution is 7.89. The van der Waals surface area contributed by atoms with Gasteiger partial charge in [-0.05, 0) is 26.2 Å². The lowest BCUT2D eigenvalue weighted by molar-refractivity contribution is -0.144. The van der Waals surface area contributed by atoms with Gasteiger partial charge in [0.15, 0.2) is 0 Å². The van der Waals surface area contributed by atoms with Gasteiger partial charge in [-0.3, -0.25) is 4.79 Å². The Kier molecular flexibility index (Phi) is 5.42. The number of halogens is 3. The van der Waals surface area contributed by atoms with E-state index in [1.807, 2.05) is 0 Å². The highest BCUT2D eigenvalue weighted by Gasteiger charge is 2.39. The Hall–Kier alpha value is -0.830. The zero-order valence-electron chi connectivity index (χ0n) is 11.1. The van der Waals surface area contributed by atoms with Crippen LogP contribution in [-0.2, 0) is 14.8 Å². The zero-order chi connectivity index (χ0) is 15.6. The van der Waals surface area contributed by atoms with Crippen LogP contribution < -0.4 is 0 Å². The largest absolute Gasteiger partial charge is 0.481 e. The van der Waals surface area contributed by atoms with Crippen LogP contribution in [0.3, 0.4) is 0 Å². The summed E-state index contributed by atoms with van der Waals surface area (Å²) >= 11 is 0. The van der Waals surface area contributed by atoms with Crippen molar-refractivity contribution in [3.8, 4) is 0 Å². The Morgan fingerprint density at radius 3 is 2.50 bits per heavy atom. The fourth-order valence-electron chi connectivity index (χ4n) is 2.41. The van der Waals surface area contributed by atoms with Gasteiger partial charge in [-0.25, -0.2) is 8.42 Å². The van der Waals surface area contributed by atoms with E-state index in [-0.39, 0.29) is 6.54 Å². The number of carboxylic acid groups (broad SMARTS) is 1. The monoisotopic (exact) mass is 317 g/mol. The molecular formula is C11H18F3NO4S. The summed E-state index contributed by atoms with van der Waals surface area (Å²) in [6, 6.07) is -0.725. The van der Waals surface area contributed by atoms with Crippen molar-refractivity contribution in [2.45, 2.75) is 44.8 Å². The molecule has 20 heavy (non-hydrogen) atoms. The predicted octanol–water partition coefficient (Wildman–Crippen LogP) is 1.84. The molecule has 0 aromatic rings. The van der Waals surface area contributed by atoms with Gasteiger partial charge in [0.2, 0.25) is 10.0 Å². The van der Waals surface area contributed by atoms with E-state index in [1.54, 1.807) is 0 Å². The van der Waals surface area contributed by atoms with Gasteiger partial charge in [0.1, 0.15) is 0 Å². The first kappa shape index (κ1) is 17.2. The molecule has 0 unspecified atom stereocenters. The number of carboxylic acids is 1. The van der Waals surface area contributed by atoms with Crippen LogP contribution in [0.4, 0.5) is 13.2 Å². The van der Waals surface area contributed by atoms with Gasteiger partial charge in [0.05, 0.1) is 11.7 Å². The summed E-state index contributed by atoms with van der Waals surface area (Å²) in [5.74, 6) is -2.49. The van der Waals surface area contributed by atoms with Crippen LogP contribution in [-0.4, -0.2) is 48.3 Å². The number of piperidine rings is 1. The summed E-state index contributed by atoms with van der Waals surface area (Å²) in [5, 5.41) is 9.00. The maximum atomic E-state index is 12.0. The zero-order valence-corrected chi connectivity index (χ0v) is 11.9. The van der Waals surface area contributed by atoms with E-state index in [9.17, 15) is 26.4 Å².